The van der Waals surface area contributed by atoms with Gasteiger partial charge in [-0.2, -0.15) is 0 Å². The second-order valence-electron chi connectivity index (χ2n) is 5.16. The first-order chi connectivity index (χ1) is 11.2. The summed E-state index contributed by atoms with van der Waals surface area (Å²) in [7, 11) is 1.70. The zero-order valence-corrected chi connectivity index (χ0v) is 13.9. The minimum absolute atomic E-state index is 0.111. The van der Waals surface area contributed by atoms with Crippen molar-refractivity contribution in [3.63, 3.8) is 0 Å². The summed E-state index contributed by atoms with van der Waals surface area (Å²) in [5.41, 5.74) is 1.54. The maximum Gasteiger partial charge on any atom is 0.131 e. The summed E-state index contributed by atoms with van der Waals surface area (Å²) in [5, 5.41) is 3.72. The quantitative estimate of drug-likeness (QED) is 0.696. The van der Waals surface area contributed by atoms with Crippen LogP contribution in [0.2, 0.25) is 5.02 Å². The lowest BCUT2D eigenvalue weighted by atomic mass is 10.2. The van der Waals surface area contributed by atoms with Crippen LogP contribution in [-0.4, -0.2) is 20.3 Å². The van der Waals surface area contributed by atoms with Crippen LogP contribution in [0.15, 0.2) is 42.5 Å². The Morgan fingerprint density at radius 1 is 1.13 bits per heavy atom. The molecule has 2 rings (SSSR count). The molecule has 0 saturated heterocycles. The van der Waals surface area contributed by atoms with Crippen LogP contribution in [-0.2, 0) is 17.9 Å². The van der Waals surface area contributed by atoms with Gasteiger partial charge in [0, 0.05) is 25.8 Å². The maximum absolute atomic E-state index is 13.7. The highest BCUT2D eigenvalue weighted by Crippen LogP contribution is 2.21. The van der Waals surface area contributed by atoms with Crippen LogP contribution in [0.3, 0.4) is 0 Å². The van der Waals surface area contributed by atoms with Gasteiger partial charge in [0.25, 0.3) is 0 Å². The van der Waals surface area contributed by atoms with Gasteiger partial charge in [-0.25, -0.2) is 4.39 Å². The van der Waals surface area contributed by atoms with Crippen molar-refractivity contribution in [2.45, 2.75) is 19.6 Å². The van der Waals surface area contributed by atoms with Gasteiger partial charge in [-0.3, -0.25) is 0 Å². The third-order valence-corrected chi connectivity index (χ3v) is 3.75. The molecule has 5 heteroatoms. The standard InChI is InChI=1S/C18H21ClFNO2/c1-22-11-3-10-21-12-14-6-8-15(9-7-14)23-13-16-17(19)4-2-5-18(16)20/h2,4-9,21H,3,10-13H2,1H3. The Bertz CT molecular complexity index is 584. The van der Waals surface area contributed by atoms with Crippen LogP contribution < -0.4 is 10.1 Å². The first kappa shape index (κ1) is 17.7. The first-order valence-electron chi connectivity index (χ1n) is 7.55. The summed E-state index contributed by atoms with van der Waals surface area (Å²) < 4.78 is 24.3. The molecular weight excluding hydrogens is 317 g/mol. The summed E-state index contributed by atoms with van der Waals surface area (Å²) in [4.78, 5) is 0. The molecule has 2 aromatic rings. The van der Waals surface area contributed by atoms with E-state index in [4.69, 9.17) is 21.1 Å². The number of nitrogens with one attached hydrogen (secondary N) is 1. The van der Waals surface area contributed by atoms with Crippen LogP contribution in [0.25, 0.3) is 0 Å². The third-order valence-electron chi connectivity index (χ3n) is 3.40. The Labute approximate surface area is 141 Å². The van der Waals surface area contributed by atoms with Crippen molar-refractivity contribution < 1.29 is 13.9 Å². The van der Waals surface area contributed by atoms with E-state index in [1.165, 1.54) is 11.6 Å². The lowest BCUT2D eigenvalue weighted by Gasteiger charge is -2.10. The van der Waals surface area contributed by atoms with E-state index in [1.54, 1.807) is 19.2 Å². The molecule has 3 nitrogen and oxygen atoms in total. The van der Waals surface area contributed by atoms with Crippen LogP contribution in [0.5, 0.6) is 5.75 Å². The molecule has 0 heterocycles. The molecule has 0 aliphatic heterocycles. The summed E-state index contributed by atoms with van der Waals surface area (Å²) in [6.07, 6.45) is 0.987. The number of halogens is 2. The largest absolute Gasteiger partial charge is 0.489 e. The summed E-state index contributed by atoms with van der Waals surface area (Å²) in [6.45, 7) is 2.58. The lowest BCUT2D eigenvalue weighted by molar-refractivity contribution is 0.194. The molecule has 0 fully saturated rings. The van der Waals surface area contributed by atoms with Crippen LogP contribution in [0.4, 0.5) is 4.39 Å². The first-order valence-corrected chi connectivity index (χ1v) is 7.93. The van der Waals surface area contributed by atoms with Crippen molar-refractivity contribution >= 4 is 11.6 Å². The number of ether oxygens (including phenoxy) is 2. The van der Waals surface area contributed by atoms with Gasteiger partial charge in [0.05, 0.1) is 5.02 Å². The van der Waals surface area contributed by atoms with Crippen molar-refractivity contribution in [3.8, 4) is 5.75 Å². The van der Waals surface area contributed by atoms with E-state index < -0.39 is 0 Å². The van der Waals surface area contributed by atoms with E-state index in [0.717, 1.165) is 26.1 Å². The fourth-order valence-electron chi connectivity index (χ4n) is 2.10. The zero-order valence-electron chi connectivity index (χ0n) is 13.1. The number of rotatable bonds is 9. The van der Waals surface area contributed by atoms with E-state index in [1.807, 2.05) is 24.3 Å². The number of benzene rings is 2. The smallest absolute Gasteiger partial charge is 0.131 e. The molecule has 0 aromatic heterocycles. The van der Waals surface area contributed by atoms with Gasteiger partial charge in [-0.15, -0.1) is 0 Å². The molecule has 0 aliphatic rings. The van der Waals surface area contributed by atoms with Gasteiger partial charge in [-0.1, -0.05) is 29.8 Å². The molecule has 0 atom stereocenters. The van der Waals surface area contributed by atoms with E-state index in [-0.39, 0.29) is 12.4 Å². The maximum atomic E-state index is 13.7. The monoisotopic (exact) mass is 337 g/mol. The van der Waals surface area contributed by atoms with E-state index in [0.29, 0.717) is 16.3 Å². The van der Waals surface area contributed by atoms with Gasteiger partial charge in [-0.05, 0) is 42.8 Å². The van der Waals surface area contributed by atoms with Gasteiger partial charge < -0.3 is 14.8 Å². The molecular formula is C18H21ClFNO2. The minimum Gasteiger partial charge on any atom is -0.489 e. The topological polar surface area (TPSA) is 30.5 Å². The van der Waals surface area contributed by atoms with Gasteiger partial charge in [0.1, 0.15) is 18.2 Å². The zero-order chi connectivity index (χ0) is 16.5. The fraction of sp³-hybridized carbons (Fsp3) is 0.333. The van der Waals surface area contributed by atoms with E-state index in [9.17, 15) is 4.39 Å². The number of methoxy groups -OCH3 is 1. The molecule has 0 amide bonds. The Morgan fingerprint density at radius 3 is 2.61 bits per heavy atom. The molecule has 0 spiro atoms. The molecule has 0 radical (unpaired) electrons. The van der Waals surface area contributed by atoms with Crippen molar-refractivity contribution in [2.75, 3.05) is 20.3 Å². The van der Waals surface area contributed by atoms with Crippen LogP contribution in [0.1, 0.15) is 17.5 Å². The van der Waals surface area contributed by atoms with Crippen LogP contribution in [0, 0.1) is 5.82 Å². The molecule has 0 unspecified atom stereocenters. The summed E-state index contributed by atoms with van der Waals surface area (Å²) in [6, 6.07) is 12.3. The molecule has 1 N–H and O–H groups in total. The number of hydrogen-bond donors (Lipinski definition) is 1. The predicted molar refractivity (Wildman–Crippen MR) is 90.4 cm³/mol. The second kappa shape index (κ2) is 9.50. The minimum atomic E-state index is -0.352. The van der Waals surface area contributed by atoms with Gasteiger partial charge in [0.2, 0.25) is 0 Å². The Morgan fingerprint density at radius 2 is 1.91 bits per heavy atom. The molecule has 0 saturated carbocycles. The Balaban J connectivity index is 1.81. The average Bonchev–Trinajstić information content (AvgIpc) is 2.55. The SMILES string of the molecule is COCCCNCc1ccc(OCc2c(F)cccc2Cl)cc1. The average molecular weight is 338 g/mol. The van der Waals surface area contributed by atoms with Crippen molar-refractivity contribution in [2.24, 2.45) is 0 Å². The summed E-state index contributed by atoms with van der Waals surface area (Å²) >= 11 is 5.98. The fourth-order valence-corrected chi connectivity index (χ4v) is 2.32. The molecule has 2 aromatic carbocycles. The lowest BCUT2D eigenvalue weighted by Crippen LogP contribution is -2.15. The molecule has 124 valence electrons. The Hall–Kier alpha value is -1.62. The van der Waals surface area contributed by atoms with Crippen LogP contribution >= 0.6 is 11.6 Å². The van der Waals surface area contributed by atoms with Gasteiger partial charge in [0.15, 0.2) is 0 Å². The highest BCUT2D eigenvalue weighted by atomic mass is 35.5. The third kappa shape index (κ3) is 5.82. The Kier molecular flexibility index (Phi) is 7.33. The van der Waals surface area contributed by atoms with Gasteiger partial charge >= 0.3 is 0 Å². The van der Waals surface area contributed by atoms with Crippen molar-refractivity contribution in [1.29, 1.82) is 0 Å². The highest BCUT2D eigenvalue weighted by molar-refractivity contribution is 6.31. The molecule has 0 aliphatic carbocycles. The van der Waals surface area contributed by atoms with E-state index in [2.05, 4.69) is 5.32 Å². The normalized spacial score (nSPS) is 10.7. The van der Waals surface area contributed by atoms with Crippen molar-refractivity contribution in [3.05, 3.63) is 64.4 Å². The second-order valence-corrected chi connectivity index (χ2v) is 5.56. The van der Waals surface area contributed by atoms with Crippen molar-refractivity contribution in [1.82, 2.24) is 5.32 Å². The number of hydrogen-bond acceptors (Lipinski definition) is 3. The highest BCUT2D eigenvalue weighted by Gasteiger charge is 2.07. The molecule has 23 heavy (non-hydrogen) atoms. The summed E-state index contributed by atoms with van der Waals surface area (Å²) in [5.74, 6) is 0.335. The molecule has 0 bridgehead atoms. The van der Waals surface area contributed by atoms with E-state index >= 15 is 0 Å². The predicted octanol–water partition coefficient (Wildman–Crippen LogP) is 4.18.